The molecule has 3 nitrogen and oxygen atoms in total. The second kappa shape index (κ2) is 4.18. The molecule has 0 saturated heterocycles. The van der Waals surface area contributed by atoms with Crippen molar-refractivity contribution >= 4 is 22.9 Å². The molecule has 0 spiro atoms. The van der Waals surface area contributed by atoms with Gasteiger partial charge in [0.1, 0.15) is 6.61 Å². The van der Waals surface area contributed by atoms with Gasteiger partial charge in [-0.15, -0.1) is 0 Å². The van der Waals surface area contributed by atoms with E-state index in [0.29, 0.717) is 6.61 Å². The molecule has 0 fully saturated rings. The summed E-state index contributed by atoms with van der Waals surface area (Å²) in [6.07, 6.45) is 3.39. The van der Waals surface area contributed by atoms with Crippen molar-refractivity contribution < 1.29 is 9.53 Å². The molecule has 0 aliphatic heterocycles. The Balaban J connectivity index is 1.97. The highest BCUT2D eigenvalue weighted by molar-refractivity contribution is 5.87. The van der Waals surface area contributed by atoms with Gasteiger partial charge in [0.15, 0.2) is 0 Å². The van der Waals surface area contributed by atoms with Gasteiger partial charge in [0.05, 0.1) is 0 Å². The summed E-state index contributed by atoms with van der Waals surface area (Å²) in [6, 6.07) is 12.5. The minimum atomic E-state index is -0.724. The van der Waals surface area contributed by atoms with Crippen LogP contribution in [-0.4, -0.2) is 12.7 Å². The van der Waals surface area contributed by atoms with Gasteiger partial charge in [0.2, 0.25) is 0 Å². The summed E-state index contributed by atoms with van der Waals surface area (Å²) in [5, 5.41) is 2.42. The summed E-state index contributed by atoms with van der Waals surface area (Å²) in [6.45, 7) is 0.303. The lowest BCUT2D eigenvalue weighted by molar-refractivity contribution is 0.154. The molecule has 18 heavy (non-hydrogen) atoms. The van der Waals surface area contributed by atoms with Gasteiger partial charge in [-0.25, -0.2) is 4.79 Å². The molecule has 0 saturated carbocycles. The largest absolute Gasteiger partial charge is 0.449 e. The number of carbonyl (C=O) groups is 1. The van der Waals surface area contributed by atoms with E-state index >= 15 is 0 Å². The maximum Gasteiger partial charge on any atom is 0.404 e. The Morgan fingerprint density at radius 3 is 2.67 bits per heavy atom. The summed E-state index contributed by atoms with van der Waals surface area (Å²) in [5.74, 6) is 0.108. The normalized spacial score (nSPS) is 16.8. The molecule has 1 amide bonds. The fourth-order valence-electron chi connectivity index (χ4n) is 2.38. The molecule has 2 aromatic carbocycles. The summed E-state index contributed by atoms with van der Waals surface area (Å²) >= 11 is 0. The second-order valence-electron chi connectivity index (χ2n) is 4.42. The topological polar surface area (TPSA) is 52.3 Å². The Bertz CT molecular complexity index is 646. The molecule has 3 rings (SSSR count). The van der Waals surface area contributed by atoms with Crippen LogP contribution in [0.2, 0.25) is 0 Å². The zero-order valence-electron chi connectivity index (χ0n) is 9.80. The van der Waals surface area contributed by atoms with Crippen LogP contribution in [0.3, 0.4) is 0 Å². The number of hydrogen-bond donors (Lipinski definition) is 1. The first-order valence-corrected chi connectivity index (χ1v) is 5.87. The SMILES string of the molecule is NC(=O)OCC1C=Cc2cc3ccccc3cc21. The number of nitrogens with two attached hydrogens (primary N) is 1. The number of hydrogen-bond acceptors (Lipinski definition) is 2. The fourth-order valence-corrected chi connectivity index (χ4v) is 2.38. The van der Waals surface area contributed by atoms with Crippen molar-refractivity contribution in [2.75, 3.05) is 6.61 Å². The van der Waals surface area contributed by atoms with E-state index in [1.165, 1.54) is 21.9 Å². The van der Waals surface area contributed by atoms with Crippen molar-refractivity contribution in [3.8, 4) is 0 Å². The van der Waals surface area contributed by atoms with Gasteiger partial charge in [-0.05, 0) is 34.0 Å². The van der Waals surface area contributed by atoms with Gasteiger partial charge in [-0.1, -0.05) is 36.4 Å². The van der Waals surface area contributed by atoms with E-state index in [9.17, 15) is 4.79 Å². The van der Waals surface area contributed by atoms with Crippen LogP contribution in [0.4, 0.5) is 4.79 Å². The zero-order chi connectivity index (χ0) is 12.5. The van der Waals surface area contributed by atoms with Crippen molar-refractivity contribution in [2.45, 2.75) is 5.92 Å². The molecule has 0 radical (unpaired) electrons. The Morgan fingerprint density at radius 2 is 1.94 bits per heavy atom. The van der Waals surface area contributed by atoms with Crippen molar-refractivity contribution in [3.63, 3.8) is 0 Å². The Hall–Kier alpha value is -2.29. The van der Waals surface area contributed by atoms with Crippen molar-refractivity contribution in [2.24, 2.45) is 5.73 Å². The Kier molecular flexibility index (Phi) is 2.52. The number of benzene rings is 2. The predicted octanol–water partition coefficient (Wildman–Crippen LogP) is 3.05. The third-order valence-corrected chi connectivity index (χ3v) is 3.26. The fraction of sp³-hybridized carbons (Fsp3) is 0.133. The van der Waals surface area contributed by atoms with E-state index in [0.717, 1.165) is 0 Å². The molecule has 0 heterocycles. The van der Waals surface area contributed by atoms with Crippen molar-refractivity contribution in [3.05, 3.63) is 53.6 Å². The van der Waals surface area contributed by atoms with Crippen molar-refractivity contribution in [1.29, 1.82) is 0 Å². The molecular formula is C15H13NO2. The van der Waals surface area contributed by atoms with Crippen LogP contribution in [0.1, 0.15) is 17.0 Å². The van der Waals surface area contributed by atoms with Gasteiger partial charge in [0.25, 0.3) is 0 Å². The first kappa shape index (κ1) is 10.8. The van der Waals surface area contributed by atoms with Crippen LogP contribution in [0.25, 0.3) is 16.8 Å². The van der Waals surface area contributed by atoms with Crippen LogP contribution < -0.4 is 5.73 Å². The van der Waals surface area contributed by atoms with E-state index in [1.54, 1.807) is 0 Å². The van der Waals surface area contributed by atoms with Gasteiger partial charge < -0.3 is 10.5 Å². The highest BCUT2D eigenvalue weighted by Gasteiger charge is 2.19. The van der Waals surface area contributed by atoms with E-state index < -0.39 is 6.09 Å². The van der Waals surface area contributed by atoms with Crippen LogP contribution >= 0.6 is 0 Å². The monoisotopic (exact) mass is 239 g/mol. The average molecular weight is 239 g/mol. The van der Waals surface area contributed by atoms with Crippen LogP contribution in [0.5, 0.6) is 0 Å². The lowest BCUT2D eigenvalue weighted by Crippen LogP contribution is -2.16. The van der Waals surface area contributed by atoms with Gasteiger partial charge in [0, 0.05) is 5.92 Å². The maximum atomic E-state index is 10.7. The highest BCUT2D eigenvalue weighted by atomic mass is 16.5. The van der Waals surface area contributed by atoms with Gasteiger partial charge >= 0.3 is 6.09 Å². The number of amides is 1. The molecule has 1 atom stereocenters. The molecular weight excluding hydrogens is 226 g/mol. The summed E-state index contributed by atoms with van der Waals surface area (Å²) < 4.78 is 4.88. The smallest absolute Gasteiger partial charge is 0.404 e. The third kappa shape index (κ3) is 1.84. The van der Waals surface area contributed by atoms with E-state index in [4.69, 9.17) is 10.5 Å². The first-order chi connectivity index (χ1) is 8.74. The van der Waals surface area contributed by atoms with Crippen LogP contribution in [-0.2, 0) is 4.74 Å². The molecule has 1 aliphatic rings. The summed E-state index contributed by atoms with van der Waals surface area (Å²) in [5.41, 5.74) is 7.37. The number of primary amides is 1. The van der Waals surface area contributed by atoms with E-state index in [2.05, 4.69) is 30.3 Å². The average Bonchev–Trinajstić information content (AvgIpc) is 2.76. The van der Waals surface area contributed by atoms with Crippen LogP contribution in [0.15, 0.2) is 42.5 Å². The lowest BCUT2D eigenvalue weighted by atomic mass is 9.97. The summed E-state index contributed by atoms with van der Waals surface area (Å²) in [4.78, 5) is 10.7. The Morgan fingerprint density at radius 1 is 1.22 bits per heavy atom. The number of rotatable bonds is 2. The lowest BCUT2D eigenvalue weighted by Gasteiger charge is -2.11. The maximum absolute atomic E-state index is 10.7. The van der Waals surface area contributed by atoms with Crippen LogP contribution in [0, 0.1) is 0 Å². The molecule has 2 aromatic rings. The van der Waals surface area contributed by atoms with Crippen molar-refractivity contribution in [1.82, 2.24) is 0 Å². The molecule has 0 aromatic heterocycles. The number of carbonyl (C=O) groups excluding carboxylic acids is 1. The highest BCUT2D eigenvalue weighted by Crippen LogP contribution is 2.33. The number of ether oxygens (including phenoxy) is 1. The predicted molar refractivity (Wildman–Crippen MR) is 71.3 cm³/mol. The summed E-state index contributed by atoms with van der Waals surface area (Å²) in [7, 11) is 0. The molecule has 0 bridgehead atoms. The minimum Gasteiger partial charge on any atom is -0.449 e. The van der Waals surface area contributed by atoms with E-state index in [-0.39, 0.29) is 5.92 Å². The van der Waals surface area contributed by atoms with Gasteiger partial charge in [-0.2, -0.15) is 0 Å². The molecule has 1 aliphatic carbocycles. The first-order valence-electron chi connectivity index (χ1n) is 5.87. The molecule has 1 unspecified atom stereocenters. The quantitative estimate of drug-likeness (QED) is 0.875. The second-order valence-corrected chi connectivity index (χ2v) is 4.42. The molecule has 90 valence electrons. The van der Waals surface area contributed by atoms with Gasteiger partial charge in [-0.3, -0.25) is 0 Å². The molecule has 2 N–H and O–H groups in total. The van der Waals surface area contributed by atoms with E-state index in [1.807, 2.05) is 18.2 Å². The zero-order valence-corrected chi connectivity index (χ0v) is 9.80. The Labute approximate surface area is 105 Å². The standard InChI is InChI=1S/C15H13NO2/c16-15(17)18-9-13-6-5-12-7-10-3-1-2-4-11(10)8-14(12)13/h1-8,13H,9H2,(H2,16,17). The number of fused-ring (bicyclic) bond motifs is 2. The third-order valence-electron chi connectivity index (χ3n) is 3.26. The molecule has 3 heteroatoms. The minimum absolute atomic E-state index is 0.108.